The number of rotatable bonds is 6. The zero-order valence-corrected chi connectivity index (χ0v) is 12.5. The highest BCUT2D eigenvalue weighted by Gasteiger charge is 2.16. The van der Waals surface area contributed by atoms with Crippen molar-refractivity contribution in [1.82, 2.24) is 10.2 Å². The third-order valence-electron chi connectivity index (χ3n) is 2.55. The van der Waals surface area contributed by atoms with Gasteiger partial charge < -0.3 is 15.3 Å². The number of carbonyl (C=O) groups excluding carboxylic acids is 2. The molecule has 108 valence electrons. The van der Waals surface area contributed by atoms with Gasteiger partial charge in [-0.25, -0.2) is 0 Å². The number of amides is 2. The van der Waals surface area contributed by atoms with Crippen molar-refractivity contribution in [1.29, 1.82) is 0 Å². The number of nitrogens with one attached hydrogen (secondary N) is 1. The third-order valence-corrected chi connectivity index (χ3v) is 3.04. The van der Waals surface area contributed by atoms with Crippen LogP contribution in [-0.4, -0.2) is 47.4 Å². The number of hydrogen-bond acceptors (Lipinski definition) is 3. The van der Waals surface area contributed by atoms with Crippen LogP contribution in [0.15, 0.2) is 28.7 Å². The largest absolute Gasteiger partial charge is 0.480 e. The molecule has 7 heteroatoms. The van der Waals surface area contributed by atoms with Crippen molar-refractivity contribution in [3.63, 3.8) is 0 Å². The van der Waals surface area contributed by atoms with E-state index in [1.807, 2.05) is 0 Å². The summed E-state index contributed by atoms with van der Waals surface area (Å²) in [5.74, 6) is -1.90. The Labute approximate surface area is 124 Å². The van der Waals surface area contributed by atoms with Crippen LogP contribution in [0.25, 0.3) is 0 Å². The highest BCUT2D eigenvalue weighted by molar-refractivity contribution is 9.10. The van der Waals surface area contributed by atoms with Gasteiger partial charge in [-0.2, -0.15) is 0 Å². The fourth-order valence-corrected chi connectivity index (χ4v) is 1.94. The van der Waals surface area contributed by atoms with E-state index in [4.69, 9.17) is 5.11 Å². The Kier molecular flexibility index (Phi) is 6.17. The Balaban J connectivity index is 2.55. The number of carboxylic acid groups (broad SMARTS) is 1. The van der Waals surface area contributed by atoms with Gasteiger partial charge >= 0.3 is 5.97 Å². The SMILES string of the molecule is CCN(CC(=O)O)C(=O)CNC(=O)c1cccc(Br)c1. The lowest BCUT2D eigenvalue weighted by molar-refractivity contribution is -0.143. The van der Waals surface area contributed by atoms with E-state index in [1.54, 1.807) is 31.2 Å². The molecule has 0 fully saturated rings. The molecular formula is C13H15BrN2O4. The van der Waals surface area contributed by atoms with Gasteiger partial charge in [0.2, 0.25) is 5.91 Å². The van der Waals surface area contributed by atoms with Gasteiger partial charge in [-0.1, -0.05) is 22.0 Å². The Morgan fingerprint density at radius 3 is 2.60 bits per heavy atom. The lowest BCUT2D eigenvalue weighted by Crippen LogP contribution is -2.42. The summed E-state index contributed by atoms with van der Waals surface area (Å²) >= 11 is 3.25. The Morgan fingerprint density at radius 2 is 2.05 bits per heavy atom. The highest BCUT2D eigenvalue weighted by atomic mass is 79.9. The molecule has 0 unspecified atom stereocenters. The number of aliphatic carboxylic acids is 1. The summed E-state index contributed by atoms with van der Waals surface area (Å²) < 4.78 is 0.762. The van der Waals surface area contributed by atoms with Crippen LogP contribution < -0.4 is 5.32 Å². The van der Waals surface area contributed by atoms with Gasteiger partial charge in [0.05, 0.1) is 6.54 Å². The lowest BCUT2D eigenvalue weighted by atomic mass is 10.2. The van der Waals surface area contributed by atoms with Crippen molar-refractivity contribution in [3.05, 3.63) is 34.3 Å². The van der Waals surface area contributed by atoms with Crippen molar-refractivity contribution in [3.8, 4) is 0 Å². The molecular weight excluding hydrogens is 328 g/mol. The van der Waals surface area contributed by atoms with E-state index in [1.165, 1.54) is 0 Å². The van der Waals surface area contributed by atoms with Crippen LogP contribution in [0.4, 0.5) is 0 Å². The minimum Gasteiger partial charge on any atom is -0.480 e. The molecule has 20 heavy (non-hydrogen) atoms. The average molecular weight is 343 g/mol. The van der Waals surface area contributed by atoms with E-state index >= 15 is 0 Å². The van der Waals surface area contributed by atoms with Gasteiger partial charge in [0.15, 0.2) is 0 Å². The molecule has 1 aromatic rings. The summed E-state index contributed by atoms with van der Waals surface area (Å²) in [5, 5.41) is 11.1. The number of halogens is 1. The van der Waals surface area contributed by atoms with Crippen molar-refractivity contribution in [2.75, 3.05) is 19.6 Å². The monoisotopic (exact) mass is 342 g/mol. The normalized spacial score (nSPS) is 9.90. The Hall–Kier alpha value is -1.89. The van der Waals surface area contributed by atoms with E-state index in [9.17, 15) is 14.4 Å². The number of carbonyl (C=O) groups is 3. The molecule has 0 heterocycles. The minimum absolute atomic E-state index is 0.230. The van der Waals surface area contributed by atoms with Crippen molar-refractivity contribution in [2.45, 2.75) is 6.92 Å². The molecule has 0 saturated heterocycles. The molecule has 1 aromatic carbocycles. The van der Waals surface area contributed by atoms with Crippen molar-refractivity contribution in [2.24, 2.45) is 0 Å². The number of likely N-dealkylation sites (N-methyl/N-ethyl adjacent to an activating group) is 1. The smallest absolute Gasteiger partial charge is 0.323 e. The first kappa shape index (κ1) is 16.2. The molecule has 0 atom stereocenters. The summed E-state index contributed by atoms with van der Waals surface area (Å²) in [6.07, 6.45) is 0. The number of benzene rings is 1. The van der Waals surface area contributed by atoms with Gasteiger partial charge in [0.1, 0.15) is 6.54 Å². The zero-order valence-electron chi connectivity index (χ0n) is 10.9. The molecule has 0 bridgehead atoms. The molecule has 2 amide bonds. The fourth-order valence-electron chi connectivity index (χ4n) is 1.54. The van der Waals surface area contributed by atoms with E-state index in [0.29, 0.717) is 5.56 Å². The molecule has 0 aliphatic rings. The first-order chi connectivity index (χ1) is 9.43. The maximum Gasteiger partial charge on any atom is 0.323 e. The zero-order chi connectivity index (χ0) is 15.1. The second-order valence-electron chi connectivity index (χ2n) is 3.99. The quantitative estimate of drug-likeness (QED) is 0.810. The number of nitrogens with zero attached hydrogens (tertiary/aromatic N) is 1. The number of hydrogen-bond donors (Lipinski definition) is 2. The number of carboxylic acids is 1. The van der Waals surface area contributed by atoms with Crippen LogP contribution in [-0.2, 0) is 9.59 Å². The van der Waals surface area contributed by atoms with E-state index in [2.05, 4.69) is 21.2 Å². The van der Waals surface area contributed by atoms with Gasteiger partial charge in [-0.05, 0) is 25.1 Å². The van der Waals surface area contributed by atoms with Crippen LogP contribution in [0.5, 0.6) is 0 Å². The fraction of sp³-hybridized carbons (Fsp3) is 0.308. The van der Waals surface area contributed by atoms with Crippen LogP contribution in [0, 0.1) is 0 Å². The lowest BCUT2D eigenvalue weighted by Gasteiger charge is -2.18. The second kappa shape index (κ2) is 7.64. The second-order valence-corrected chi connectivity index (χ2v) is 4.91. The van der Waals surface area contributed by atoms with Gasteiger partial charge in [0, 0.05) is 16.6 Å². The minimum atomic E-state index is -1.08. The molecule has 0 saturated carbocycles. The summed E-state index contributed by atoms with van der Waals surface area (Å²) in [5.41, 5.74) is 0.424. The predicted molar refractivity (Wildman–Crippen MR) is 76.4 cm³/mol. The summed E-state index contributed by atoms with van der Waals surface area (Å²) in [4.78, 5) is 35.3. The maximum atomic E-state index is 11.8. The molecule has 2 N–H and O–H groups in total. The highest BCUT2D eigenvalue weighted by Crippen LogP contribution is 2.11. The van der Waals surface area contributed by atoms with Gasteiger partial charge in [0.25, 0.3) is 5.91 Å². The van der Waals surface area contributed by atoms with E-state index in [-0.39, 0.29) is 25.5 Å². The molecule has 0 spiro atoms. The summed E-state index contributed by atoms with van der Waals surface area (Å²) in [6, 6.07) is 6.76. The van der Waals surface area contributed by atoms with Gasteiger partial charge in [-0.3, -0.25) is 14.4 Å². The topological polar surface area (TPSA) is 86.7 Å². The first-order valence-corrected chi connectivity index (χ1v) is 6.76. The maximum absolute atomic E-state index is 11.8. The van der Waals surface area contributed by atoms with E-state index < -0.39 is 11.9 Å². The average Bonchev–Trinajstić information content (AvgIpc) is 2.41. The molecule has 0 aliphatic carbocycles. The molecule has 0 aliphatic heterocycles. The first-order valence-electron chi connectivity index (χ1n) is 5.97. The summed E-state index contributed by atoms with van der Waals surface area (Å²) in [7, 11) is 0. The standard InChI is InChI=1S/C13H15BrN2O4/c1-2-16(8-12(18)19)11(17)7-15-13(20)9-4-3-5-10(14)6-9/h3-6H,2,7-8H2,1H3,(H,15,20)(H,18,19). The molecule has 1 rings (SSSR count). The molecule has 0 aromatic heterocycles. The van der Waals surface area contributed by atoms with Crippen LogP contribution in [0.2, 0.25) is 0 Å². The Morgan fingerprint density at radius 1 is 1.35 bits per heavy atom. The predicted octanol–water partition coefficient (Wildman–Crippen LogP) is 1.11. The van der Waals surface area contributed by atoms with Crippen LogP contribution in [0.1, 0.15) is 17.3 Å². The van der Waals surface area contributed by atoms with Crippen LogP contribution in [0.3, 0.4) is 0 Å². The van der Waals surface area contributed by atoms with E-state index in [0.717, 1.165) is 9.37 Å². The Bertz CT molecular complexity index is 519. The van der Waals surface area contributed by atoms with Crippen LogP contribution >= 0.6 is 15.9 Å². The van der Waals surface area contributed by atoms with Crippen molar-refractivity contribution < 1.29 is 19.5 Å². The molecule has 6 nitrogen and oxygen atoms in total. The van der Waals surface area contributed by atoms with Gasteiger partial charge in [-0.15, -0.1) is 0 Å². The summed E-state index contributed by atoms with van der Waals surface area (Å²) in [6.45, 7) is 1.35. The third kappa shape index (κ3) is 5.00. The molecule has 0 radical (unpaired) electrons. The van der Waals surface area contributed by atoms with Crippen molar-refractivity contribution >= 4 is 33.7 Å².